The van der Waals surface area contributed by atoms with Crippen LogP contribution >= 0.6 is 0 Å². The molecule has 1 aromatic rings. The van der Waals surface area contributed by atoms with Crippen LogP contribution < -0.4 is 5.32 Å². The van der Waals surface area contributed by atoms with E-state index in [9.17, 15) is 14.7 Å². The van der Waals surface area contributed by atoms with E-state index in [2.05, 4.69) is 17.3 Å². The van der Waals surface area contributed by atoms with Gasteiger partial charge in [0.05, 0.1) is 5.69 Å². The van der Waals surface area contributed by atoms with Crippen molar-refractivity contribution in [3.05, 3.63) is 17.5 Å². The molecule has 0 spiro atoms. The molecule has 6 heteroatoms. The SMILES string of the molecule is CCc1cc(C(=O)NC2(C(=O)O)CCC(C)CC2)n(C)n1. The minimum Gasteiger partial charge on any atom is -0.480 e. The number of aromatic nitrogens is 2. The highest BCUT2D eigenvalue weighted by Crippen LogP contribution is 2.32. The van der Waals surface area contributed by atoms with E-state index in [0.717, 1.165) is 25.0 Å². The number of carbonyl (C=O) groups is 2. The average Bonchev–Trinajstić information content (AvgIpc) is 2.82. The van der Waals surface area contributed by atoms with E-state index in [4.69, 9.17) is 0 Å². The number of hydrogen-bond acceptors (Lipinski definition) is 3. The van der Waals surface area contributed by atoms with Gasteiger partial charge in [-0.3, -0.25) is 9.48 Å². The summed E-state index contributed by atoms with van der Waals surface area (Å²) in [4.78, 5) is 24.1. The van der Waals surface area contributed by atoms with Gasteiger partial charge in [0.25, 0.3) is 5.91 Å². The van der Waals surface area contributed by atoms with Crippen LogP contribution in [0.2, 0.25) is 0 Å². The first-order valence-corrected chi connectivity index (χ1v) is 7.47. The van der Waals surface area contributed by atoms with Crippen molar-refractivity contribution in [2.75, 3.05) is 0 Å². The molecule has 1 aliphatic rings. The van der Waals surface area contributed by atoms with Crippen molar-refractivity contribution in [1.29, 1.82) is 0 Å². The Bertz CT molecular complexity index is 542. The van der Waals surface area contributed by atoms with Crippen molar-refractivity contribution < 1.29 is 14.7 Å². The van der Waals surface area contributed by atoms with E-state index in [1.165, 1.54) is 4.68 Å². The van der Waals surface area contributed by atoms with Crippen LogP contribution in [0, 0.1) is 5.92 Å². The van der Waals surface area contributed by atoms with Gasteiger partial charge in [0.2, 0.25) is 0 Å². The summed E-state index contributed by atoms with van der Waals surface area (Å²) in [5.41, 5.74) is 0.0932. The number of hydrogen-bond donors (Lipinski definition) is 2. The number of amides is 1. The van der Waals surface area contributed by atoms with Crippen LogP contribution in [0.5, 0.6) is 0 Å². The maximum absolute atomic E-state index is 12.4. The number of nitrogens with zero attached hydrogens (tertiary/aromatic N) is 2. The van der Waals surface area contributed by atoms with E-state index in [0.29, 0.717) is 24.5 Å². The molecule has 1 amide bonds. The second kappa shape index (κ2) is 5.87. The van der Waals surface area contributed by atoms with Crippen LogP contribution in [-0.2, 0) is 18.3 Å². The second-order valence-electron chi connectivity index (χ2n) is 6.02. The topological polar surface area (TPSA) is 84.2 Å². The zero-order chi connectivity index (χ0) is 15.6. The number of nitrogens with one attached hydrogen (secondary N) is 1. The van der Waals surface area contributed by atoms with Crippen LogP contribution in [0.15, 0.2) is 6.07 Å². The van der Waals surface area contributed by atoms with Gasteiger partial charge in [-0.25, -0.2) is 4.79 Å². The smallest absolute Gasteiger partial charge is 0.329 e. The van der Waals surface area contributed by atoms with Gasteiger partial charge in [-0.05, 0) is 44.1 Å². The summed E-state index contributed by atoms with van der Waals surface area (Å²) in [6.45, 7) is 4.08. The fourth-order valence-electron chi connectivity index (χ4n) is 2.84. The molecule has 1 aliphatic carbocycles. The Morgan fingerprint density at radius 3 is 2.57 bits per heavy atom. The number of aliphatic carboxylic acids is 1. The maximum Gasteiger partial charge on any atom is 0.329 e. The van der Waals surface area contributed by atoms with Gasteiger partial charge in [0.1, 0.15) is 11.2 Å². The van der Waals surface area contributed by atoms with Gasteiger partial charge in [0, 0.05) is 7.05 Å². The van der Waals surface area contributed by atoms with Crippen molar-refractivity contribution in [2.45, 2.75) is 51.5 Å². The maximum atomic E-state index is 12.4. The molecule has 0 unspecified atom stereocenters. The summed E-state index contributed by atoms with van der Waals surface area (Å²) >= 11 is 0. The van der Waals surface area contributed by atoms with E-state index in [1.807, 2.05) is 6.92 Å². The Kier molecular flexibility index (Phi) is 4.34. The highest BCUT2D eigenvalue weighted by Gasteiger charge is 2.42. The van der Waals surface area contributed by atoms with Crippen molar-refractivity contribution in [3.63, 3.8) is 0 Å². The molecule has 2 rings (SSSR count). The molecule has 0 saturated heterocycles. The third-order valence-corrected chi connectivity index (χ3v) is 4.42. The summed E-state index contributed by atoms with van der Waals surface area (Å²) in [6.07, 6.45) is 3.33. The van der Waals surface area contributed by atoms with Crippen molar-refractivity contribution in [3.8, 4) is 0 Å². The second-order valence-corrected chi connectivity index (χ2v) is 6.02. The summed E-state index contributed by atoms with van der Waals surface area (Å²) in [6, 6.07) is 1.72. The highest BCUT2D eigenvalue weighted by molar-refractivity contribution is 5.96. The van der Waals surface area contributed by atoms with E-state index in [-0.39, 0.29) is 5.91 Å². The lowest BCUT2D eigenvalue weighted by molar-refractivity contribution is -0.146. The van der Waals surface area contributed by atoms with Gasteiger partial charge in [-0.1, -0.05) is 13.8 Å². The molecule has 0 radical (unpaired) electrons. The first-order valence-electron chi connectivity index (χ1n) is 7.47. The average molecular weight is 293 g/mol. The minimum absolute atomic E-state index is 0.360. The van der Waals surface area contributed by atoms with Crippen molar-refractivity contribution in [1.82, 2.24) is 15.1 Å². The molecular formula is C15H23N3O3. The van der Waals surface area contributed by atoms with Crippen LogP contribution in [0.25, 0.3) is 0 Å². The molecule has 1 aromatic heterocycles. The van der Waals surface area contributed by atoms with E-state index in [1.54, 1.807) is 13.1 Å². The Hall–Kier alpha value is -1.85. The van der Waals surface area contributed by atoms with Crippen molar-refractivity contribution >= 4 is 11.9 Å². The van der Waals surface area contributed by atoms with Crippen molar-refractivity contribution in [2.24, 2.45) is 13.0 Å². The molecular weight excluding hydrogens is 270 g/mol. The molecule has 1 saturated carbocycles. The molecule has 0 bridgehead atoms. The van der Waals surface area contributed by atoms with Crippen LogP contribution in [0.4, 0.5) is 0 Å². The predicted molar refractivity (Wildman–Crippen MR) is 78.1 cm³/mol. The fraction of sp³-hybridized carbons (Fsp3) is 0.667. The first kappa shape index (κ1) is 15.5. The first-order chi connectivity index (χ1) is 9.88. The molecule has 0 atom stereocenters. The quantitative estimate of drug-likeness (QED) is 0.885. The normalized spacial score (nSPS) is 25.6. The Morgan fingerprint density at radius 1 is 1.48 bits per heavy atom. The number of carbonyl (C=O) groups excluding carboxylic acids is 1. The van der Waals surface area contributed by atoms with Gasteiger partial charge in [-0.15, -0.1) is 0 Å². The van der Waals surface area contributed by atoms with Gasteiger partial charge in [0.15, 0.2) is 0 Å². The molecule has 2 N–H and O–H groups in total. The number of carboxylic acid groups (broad SMARTS) is 1. The molecule has 1 fully saturated rings. The Morgan fingerprint density at radius 2 is 2.10 bits per heavy atom. The predicted octanol–water partition coefficient (Wildman–Crippen LogP) is 1.75. The summed E-state index contributed by atoms with van der Waals surface area (Å²) in [5.74, 6) is -0.792. The molecule has 6 nitrogen and oxygen atoms in total. The molecule has 1 heterocycles. The fourth-order valence-corrected chi connectivity index (χ4v) is 2.84. The van der Waals surface area contributed by atoms with Gasteiger partial charge >= 0.3 is 5.97 Å². The molecule has 21 heavy (non-hydrogen) atoms. The summed E-state index contributed by atoms with van der Waals surface area (Å²) in [7, 11) is 1.70. The largest absolute Gasteiger partial charge is 0.480 e. The highest BCUT2D eigenvalue weighted by atomic mass is 16.4. The Labute approximate surface area is 124 Å². The number of aryl methyl sites for hydroxylation is 2. The summed E-state index contributed by atoms with van der Waals surface area (Å²) in [5, 5.41) is 16.5. The lowest BCUT2D eigenvalue weighted by atomic mass is 9.77. The third-order valence-electron chi connectivity index (χ3n) is 4.42. The minimum atomic E-state index is -1.14. The lowest BCUT2D eigenvalue weighted by Crippen LogP contribution is -2.56. The number of carboxylic acids is 1. The monoisotopic (exact) mass is 293 g/mol. The summed E-state index contributed by atoms with van der Waals surface area (Å²) < 4.78 is 1.51. The van der Waals surface area contributed by atoms with Crippen LogP contribution in [-0.4, -0.2) is 32.3 Å². The third kappa shape index (κ3) is 3.09. The van der Waals surface area contributed by atoms with Gasteiger partial charge < -0.3 is 10.4 Å². The van der Waals surface area contributed by atoms with E-state index < -0.39 is 11.5 Å². The van der Waals surface area contributed by atoms with Gasteiger partial charge in [-0.2, -0.15) is 5.10 Å². The lowest BCUT2D eigenvalue weighted by Gasteiger charge is -2.36. The number of rotatable bonds is 4. The van der Waals surface area contributed by atoms with Crippen LogP contribution in [0.3, 0.4) is 0 Å². The standard InChI is InChI=1S/C15H23N3O3/c1-4-11-9-12(18(3)17-11)13(19)16-15(14(20)21)7-5-10(2)6-8-15/h9-10H,4-8H2,1-3H3,(H,16,19)(H,20,21). The van der Waals surface area contributed by atoms with E-state index >= 15 is 0 Å². The zero-order valence-corrected chi connectivity index (χ0v) is 12.8. The Balaban J connectivity index is 2.19. The molecule has 116 valence electrons. The molecule has 0 aromatic carbocycles. The van der Waals surface area contributed by atoms with Crippen LogP contribution in [0.1, 0.15) is 55.7 Å². The molecule has 0 aliphatic heterocycles. The zero-order valence-electron chi connectivity index (χ0n) is 12.8.